The largest absolute Gasteiger partial charge is 0.493 e. The summed E-state index contributed by atoms with van der Waals surface area (Å²) in [6, 6.07) is 37.0. The molecule has 0 bridgehead atoms. The number of rotatable bonds is 12. The maximum absolute atomic E-state index is 6.28. The highest BCUT2D eigenvalue weighted by molar-refractivity contribution is 5.48. The van der Waals surface area contributed by atoms with Crippen LogP contribution in [0.3, 0.4) is 0 Å². The lowest BCUT2D eigenvalue weighted by Crippen LogP contribution is -2.22. The fraction of sp³-hybridized carbons (Fsp3) is 0.400. The van der Waals surface area contributed by atoms with Crippen LogP contribution < -0.4 is 9.47 Å². The third-order valence-corrected chi connectivity index (χ3v) is 9.76. The van der Waals surface area contributed by atoms with Gasteiger partial charge in [-0.05, 0) is 115 Å². The van der Waals surface area contributed by atoms with Gasteiger partial charge in [0.25, 0.3) is 0 Å². The lowest BCUT2D eigenvalue weighted by Gasteiger charge is -2.35. The Bertz CT molecular complexity index is 1460. The summed E-state index contributed by atoms with van der Waals surface area (Å²) in [5.41, 5.74) is 6.74. The van der Waals surface area contributed by atoms with Crippen LogP contribution in [0.15, 0.2) is 103 Å². The SMILES string of the molecule is c1ccc(COc2ccc3c(c2)CC[C@H](c2ccccc2)[C@@H]3c2ccc(OCC3C[C@@H]3CCOC3CCCCO3)cc2)cc1. The van der Waals surface area contributed by atoms with Gasteiger partial charge in [0.05, 0.1) is 13.2 Å². The van der Waals surface area contributed by atoms with E-state index in [0.29, 0.717) is 30.3 Å². The Morgan fingerprint density at radius 1 is 0.705 bits per heavy atom. The Morgan fingerprint density at radius 2 is 1.50 bits per heavy atom. The number of benzene rings is 4. The van der Waals surface area contributed by atoms with Crippen molar-refractivity contribution in [3.63, 3.8) is 0 Å². The average Bonchev–Trinajstić information content (AvgIpc) is 3.85. The molecule has 4 aromatic rings. The fourth-order valence-corrected chi connectivity index (χ4v) is 7.13. The molecule has 0 spiro atoms. The van der Waals surface area contributed by atoms with Gasteiger partial charge in [0.1, 0.15) is 18.1 Å². The maximum Gasteiger partial charge on any atom is 0.157 e. The molecule has 1 saturated carbocycles. The number of hydrogen-bond donors (Lipinski definition) is 0. The number of aryl methyl sites for hydroxylation is 1. The molecule has 2 fully saturated rings. The molecule has 0 radical (unpaired) electrons. The van der Waals surface area contributed by atoms with Crippen LogP contribution in [0.25, 0.3) is 0 Å². The van der Waals surface area contributed by atoms with E-state index in [0.717, 1.165) is 63.4 Å². The summed E-state index contributed by atoms with van der Waals surface area (Å²) in [6.45, 7) is 3.01. The molecule has 0 N–H and O–H groups in total. The molecule has 5 atom stereocenters. The van der Waals surface area contributed by atoms with Gasteiger partial charge in [-0.2, -0.15) is 0 Å². The maximum atomic E-state index is 6.28. The van der Waals surface area contributed by atoms with E-state index in [4.69, 9.17) is 18.9 Å². The molecular weight excluding hydrogens is 544 g/mol. The highest BCUT2D eigenvalue weighted by Gasteiger charge is 2.37. The van der Waals surface area contributed by atoms with Crippen LogP contribution in [0.1, 0.15) is 78.2 Å². The van der Waals surface area contributed by atoms with Crippen LogP contribution in [0.4, 0.5) is 0 Å². The minimum absolute atomic E-state index is 0.0170. The summed E-state index contributed by atoms with van der Waals surface area (Å²) in [4.78, 5) is 0. The zero-order chi connectivity index (χ0) is 29.6. The van der Waals surface area contributed by atoms with Crippen LogP contribution in [-0.2, 0) is 22.5 Å². The molecule has 228 valence electrons. The zero-order valence-electron chi connectivity index (χ0n) is 25.6. The van der Waals surface area contributed by atoms with Crippen LogP contribution >= 0.6 is 0 Å². The van der Waals surface area contributed by atoms with Gasteiger partial charge in [0.2, 0.25) is 0 Å². The van der Waals surface area contributed by atoms with Gasteiger partial charge >= 0.3 is 0 Å². The van der Waals surface area contributed by atoms with Crippen LogP contribution in [0.2, 0.25) is 0 Å². The topological polar surface area (TPSA) is 36.9 Å². The van der Waals surface area contributed by atoms with Gasteiger partial charge < -0.3 is 18.9 Å². The van der Waals surface area contributed by atoms with Crippen molar-refractivity contribution in [1.29, 1.82) is 0 Å². The quantitative estimate of drug-likeness (QED) is 0.165. The molecule has 7 rings (SSSR count). The lowest BCUT2D eigenvalue weighted by atomic mass is 9.69. The molecule has 1 heterocycles. The van der Waals surface area contributed by atoms with Crippen molar-refractivity contribution < 1.29 is 18.9 Å². The fourth-order valence-electron chi connectivity index (χ4n) is 7.13. The molecule has 1 saturated heterocycles. The van der Waals surface area contributed by atoms with Crippen LogP contribution in [-0.4, -0.2) is 26.1 Å². The van der Waals surface area contributed by atoms with Gasteiger partial charge in [-0.25, -0.2) is 0 Å². The molecule has 1 aliphatic heterocycles. The molecule has 3 aliphatic rings. The first-order chi connectivity index (χ1) is 21.8. The van der Waals surface area contributed by atoms with E-state index in [9.17, 15) is 0 Å². The Hall–Kier alpha value is -3.60. The second-order valence-corrected chi connectivity index (χ2v) is 12.8. The molecule has 2 aliphatic carbocycles. The summed E-state index contributed by atoms with van der Waals surface area (Å²) in [6.07, 6.45) is 7.94. The second kappa shape index (κ2) is 14.0. The molecule has 44 heavy (non-hydrogen) atoms. The molecule has 2 unspecified atom stereocenters. The van der Waals surface area contributed by atoms with Gasteiger partial charge in [-0.1, -0.05) is 78.9 Å². The third kappa shape index (κ3) is 7.20. The zero-order valence-corrected chi connectivity index (χ0v) is 25.6. The molecule has 4 heteroatoms. The molecular formula is C40H44O4. The Balaban J connectivity index is 0.997. The predicted molar refractivity (Wildman–Crippen MR) is 174 cm³/mol. The van der Waals surface area contributed by atoms with E-state index < -0.39 is 0 Å². The van der Waals surface area contributed by atoms with Crippen LogP contribution in [0, 0.1) is 11.8 Å². The summed E-state index contributed by atoms with van der Waals surface area (Å²) in [5, 5.41) is 0. The third-order valence-electron chi connectivity index (χ3n) is 9.76. The number of ether oxygens (including phenoxy) is 4. The van der Waals surface area contributed by atoms with Crippen molar-refractivity contribution >= 4 is 0 Å². The van der Waals surface area contributed by atoms with Crippen molar-refractivity contribution in [2.75, 3.05) is 19.8 Å². The van der Waals surface area contributed by atoms with Gasteiger partial charge in [0.15, 0.2) is 6.29 Å². The number of hydrogen-bond acceptors (Lipinski definition) is 4. The predicted octanol–water partition coefficient (Wildman–Crippen LogP) is 9.08. The smallest absolute Gasteiger partial charge is 0.157 e. The minimum Gasteiger partial charge on any atom is -0.493 e. The first kappa shape index (κ1) is 29.1. The normalized spacial score (nSPS) is 24.3. The molecule has 0 amide bonds. The van der Waals surface area contributed by atoms with E-state index in [-0.39, 0.29) is 6.29 Å². The van der Waals surface area contributed by atoms with E-state index in [1.54, 1.807) is 0 Å². The van der Waals surface area contributed by atoms with Crippen molar-refractivity contribution in [2.24, 2.45) is 11.8 Å². The summed E-state index contributed by atoms with van der Waals surface area (Å²) < 4.78 is 24.1. The Morgan fingerprint density at radius 3 is 2.30 bits per heavy atom. The monoisotopic (exact) mass is 588 g/mol. The van der Waals surface area contributed by atoms with E-state index in [1.165, 1.54) is 40.7 Å². The minimum atomic E-state index is 0.0170. The van der Waals surface area contributed by atoms with Crippen molar-refractivity contribution in [2.45, 2.75) is 69.7 Å². The standard InChI is InChI=1S/C40H44O4/c1-3-9-29(10-4-1)27-43-36-19-21-38-33(26-36)16-20-37(30-11-5-2-6-12-30)40(38)31-14-17-35(18-15-31)44-28-34-25-32(34)22-24-42-39-13-7-8-23-41-39/h1-6,9-12,14-15,17-19,21,26,32,34,37,39-40H,7-8,13,16,20,22-25,27-28H2/t32-,34?,37+,39?,40-/m0/s1. The summed E-state index contributed by atoms with van der Waals surface area (Å²) >= 11 is 0. The lowest BCUT2D eigenvalue weighted by molar-refractivity contribution is -0.163. The summed E-state index contributed by atoms with van der Waals surface area (Å²) in [7, 11) is 0. The molecule has 0 aromatic heterocycles. The number of fused-ring (bicyclic) bond motifs is 1. The van der Waals surface area contributed by atoms with Gasteiger partial charge in [-0.15, -0.1) is 0 Å². The van der Waals surface area contributed by atoms with E-state index >= 15 is 0 Å². The van der Waals surface area contributed by atoms with Crippen molar-refractivity contribution in [1.82, 2.24) is 0 Å². The second-order valence-electron chi connectivity index (χ2n) is 12.8. The first-order valence-electron chi connectivity index (χ1n) is 16.6. The highest BCUT2D eigenvalue weighted by atomic mass is 16.7. The highest BCUT2D eigenvalue weighted by Crippen LogP contribution is 2.47. The van der Waals surface area contributed by atoms with E-state index in [2.05, 4.69) is 97.1 Å². The van der Waals surface area contributed by atoms with Crippen molar-refractivity contribution in [3.05, 3.63) is 131 Å². The van der Waals surface area contributed by atoms with E-state index in [1.807, 2.05) is 6.07 Å². The van der Waals surface area contributed by atoms with Gasteiger partial charge in [-0.3, -0.25) is 0 Å². The summed E-state index contributed by atoms with van der Waals surface area (Å²) in [5.74, 6) is 3.98. The molecule has 4 aromatic carbocycles. The van der Waals surface area contributed by atoms with Crippen molar-refractivity contribution in [3.8, 4) is 11.5 Å². The Kier molecular flexibility index (Phi) is 9.27. The van der Waals surface area contributed by atoms with Gasteiger partial charge in [0, 0.05) is 12.5 Å². The Labute approximate surface area is 262 Å². The average molecular weight is 589 g/mol. The first-order valence-corrected chi connectivity index (χ1v) is 16.6. The van der Waals surface area contributed by atoms with Crippen LogP contribution in [0.5, 0.6) is 11.5 Å². The molecule has 4 nitrogen and oxygen atoms in total.